The molecule has 5 aromatic carbocycles. The Hall–Kier alpha value is -4.90. The van der Waals surface area contributed by atoms with Crippen molar-refractivity contribution >= 4 is 27.7 Å². The lowest BCUT2D eigenvalue weighted by atomic mass is 9.82. The van der Waals surface area contributed by atoms with Crippen molar-refractivity contribution < 1.29 is 28.2 Å². The lowest BCUT2D eigenvalue weighted by Gasteiger charge is -2.31. The molecule has 1 amide bonds. The molecule has 49 heavy (non-hydrogen) atoms. The smallest absolute Gasteiger partial charge is 0.266 e. The summed E-state index contributed by atoms with van der Waals surface area (Å²) < 4.78 is 41.4. The van der Waals surface area contributed by atoms with Crippen LogP contribution < -0.4 is 15.6 Å². The number of amides is 1. The molecule has 0 aliphatic carbocycles. The number of nitrogens with zero attached hydrogens (tertiary/aromatic N) is 1. The molecule has 1 heterocycles. The summed E-state index contributed by atoms with van der Waals surface area (Å²) in [6, 6.07) is 35.7. The minimum atomic E-state index is -1.53. The van der Waals surface area contributed by atoms with Crippen LogP contribution in [0, 0.1) is 11.6 Å². The molecule has 3 N–H and O–H groups in total. The number of nitrogens with one attached hydrogen (secondary N) is 2. The van der Waals surface area contributed by atoms with Gasteiger partial charge in [0.05, 0.1) is 6.61 Å². The zero-order chi connectivity index (χ0) is 34.2. The van der Waals surface area contributed by atoms with E-state index in [2.05, 4.69) is 26.8 Å². The van der Waals surface area contributed by atoms with Gasteiger partial charge in [0, 0.05) is 41.6 Å². The highest BCUT2D eigenvalue weighted by Gasteiger charge is 2.53. The van der Waals surface area contributed by atoms with Gasteiger partial charge in [0.15, 0.2) is 11.6 Å². The Labute approximate surface area is 291 Å². The van der Waals surface area contributed by atoms with Crippen LogP contribution in [0.3, 0.4) is 0 Å². The molecule has 0 saturated carbocycles. The van der Waals surface area contributed by atoms with Crippen molar-refractivity contribution in [1.29, 1.82) is 0 Å². The Morgan fingerprint density at radius 2 is 1.55 bits per heavy atom. The number of hydrogen-bond acceptors (Lipinski definition) is 6. The van der Waals surface area contributed by atoms with Gasteiger partial charge in [0.1, 0.15) is 17.4 Å². The first-order valence-corrected chi connectivity index (χ1v) is 16.6. The van der Waals surface area contributed by atoms with E-state index < -0.39 is 29.2 Å². The van der Waals surface area contributed by atoms with E-state index in [4.69, 9.17) is 19.6 Å². The van der Waals surface area contributed by atoms with Crippen LogP contribution in [0.2, 0.25) is 0 Å². The molecule has 6 rings (SSSR count). The van der Waals surface area contributed by atoms with Crippen molar-refractivity contribution in [1.82, 2.24) is 10.9 Å². The Morgan fingerprint density at radius 3 is 2.29 bits per heavy atom. The first kappa shape index (κ1) is 34.0. The number of hydrazine groups is 1. The predicted molar refractivity (Wildman–Crippen MR) is 188 cm³/mol. The largest absolute Gasteiger partial charge is 0.494 e. The molecule has 1 aliphatic heterocycles. The van der Waals surface area contributed by atoms with E-state index >= 15 is 0 Å². The second-order valence-corrected chi connectivity index (χ2v) is 12.4. The first-order chi connectivity index (χ1) is 23.9. The zero-order valence-corrected chi connectivity index (χ0v) is 28.0. The number of aliphatic hydroxyl groups excluding tert-OH is 1. The van der Waals surface area contributed by atoms with Gasteiger partial charge in [0.25, 0.3) is 5.91 Å². The number of carbonyl (C=O) groups is 1. The van der Waals surface area contributed by atoms with Crippen LogP contribution in [0.25, 0.3) is 11.1 Å². The maximum absolute atomic E-state index is 14.5. The summed E-state index contributed by atoms with van der Waals surface area (Å²) in [5.74, 6) is -0.823. The van der Waals surface area contributed by atoms with E-state index in [-0.39, 0.29) is 31.0 Å². The fourth-order valence-corrected chi connectivity index (χ4v) is 6.13. The molecule has 7 nitrogen and oxygen atoms in total. The van der Waals surface area contributed by atoms with E-state index in [1.807, 2.05) is 78.9 Å². The Balaban J connectivity index is 1.39. The number of hydrogen-bond donors (Lipinski definition) is 3. The van der Waals surface area contributed by atoms with E-state index in [1.54, 1.807) is 24.3 Å². The third-order valence-electron chi connectivity index (χ3n) is 8.26. The van der Waals surface area contributed by atoms with Gasteiger partial charge < -0.3 is 14.6 Å². The van der Waals surface area contributed by atoms with Crippen LogP contribution in [-0.2, 0) is 22.5 Å². The molecular weight excluding hydrogens is 692 g/mol. The van der Waals surface area contributed by atoms with Gasteiger partial charge in [-0.1, -0.05) is 88.7 Å². The SMILES string of the molecule is O=C(NNCc1cc(F)ccc1F)[C@@]1(Cc2ccccc2Br)N=C(c2ccc(OCCCO)cc2)O[C@H]1c1ccc(-c2ccccc2)cc1. The highest BCUT2D eigenvalue weighted by atomic mass is 79.9. The van der Waals surface area contributed by atoms with Crippen molar-refractivity contribution in [3.63, 3.8) is 0 Å². The molecule has 1 aliphatic rings. The van der Waals surface area contributed by atoms with Crippen LogP contribution >= 0.6 is 15.9 Å². The van der Waals surface area contributed by atoms with Gasteiger partial charge in [-0.05, 0) is 70.8 Å². The fraction of sp³-hybridized carbons (Fsp3) is 0.179. The van der Waals surface area contributed by atoms with Crippen molar-refractivity contribution in [3.8, 4) is 16.9 Å². The van der Waals surface area contributed by atoms with Crippen molar-refractivity contribution in [2.45, 2.75) is 31.0 Å². The fourth-order valence-electron chi connectivity index (χ4n) is 5.70. The van der Waals surface area contributed by atoms with E-state index in [1.165, 1.54) is 0 Å². The molecule has 250 valence electrons. The normalized spacial score (nSPS) is 16.9. The first-order valence-electron chi connectivity index (χ1n) is 15.8. The third kappa shape index (κ3) is 7.88. The van der Waals surface area contributed by atoms with Gasteiger partial charge in [-0.2, -0.15) is 0 Å². The van der Waals surface area contributed by atoms with Crippen LogP contribution in [0.1, 0.15) is 34.8 Å². The highest BCUT2D eigenvalue weighted by molar-refractivity contribution is 9.10. The van der Waals surface area contributed by atoms with E-state index in [9.17, 15) is 13.6 Å². The second kappa shape index (κ2) is 15.5. The average molecular weight is 727 g/mol. The minimum absolute atomic E-state index is 0.0319. The second-order valence-electron chi connectivity index (χ2n) is 11.6. The van der Waals surface area contributed by atoms with Gasteiger partial charge in [0.2, 0.25) is 5.90 Å². The maximum atomic E-state index is 14.5. The summed E-state index contributed by atoms with van der Waals surface area (Å²) in [5, 5.41) is 9.09. The number of benzene rings is 5. The number of aliphatic hydroxyl groups is 1. The molecule has 0 spiro atoms. The summed E-state index contributed by atoms with van der Waals surface area (Å²) in [6.45, 7) is 0.242. The van der Waals surface area contributed by atoms with Crippen molar-refractivity contribution in [2.75, 3.05) is 13.2 Å². The van der Waals surface area contributed by atoms with Crippen LogP contribution in [-0.4, -0.2) is 35.7 Å². The number of halogens is 3. The van der Waals surface area contributed by atoms with Crippen molar-refractivity contribution in [2.24, 2.45) is 4.99 Å². The van der Waals surface area contributed by atoms with Crippen LogP contribution in [0.15, 0.2) is 131 Å². The molecule has 0 unspecified atom stereocenters. The molecule has 0 saturated heterocycles. The van der Waals surface area contributed by atoms with E-state index in [0.717, 1.165) is 44.9 Å². The molecule has 0 bridgehead atoms. The lowest BCUT2D eigenvalue weighted by molar-refractivity contribution is -0.130. The van der Waals surface area contributed by atoms with E-state index in [0.29, 0.717) is 24.3 Å². The Kier molecular flexibility index (Phi) is 10.8. The number of ether oxygens (including phenoxy) is 2. The van der Waals surface area contributed by atoms with Gasteiger partial charge in [-0.15, -0.1) is 0 Å². The summed E-state index contributed by atoms with van der Waals surface area (Å²) in [4.78, 5) is 19.5. The molecule has 2 atom stereocenters. The Bertz CT molecular complexity index is 1920. The third-order valence-corrected chi connectivity index (χ3v) is 9.03. The Morgan fingerprint density at radius 1 is 0.857 bits per heavy atom. The quantitative estimate of drug-likeness (QED) is 0.0866. The molecule has 5 aromatic rings. The van der Waals surface area contributed by atoms with Gasteiger partial charge in [-0.25, -0.2) is 19.2 Å². The molecular formula is C39H34BrF2N3O4. The van der Waals surface area contributed by atoms with Gasteiger partial charge >= 0.3 is 0 Å². The standard InChI is InChI=1S/C39H34BrF2N3O4/c40-34-10-5-4-9-30(34)24-39(38(47)45-43-25-31-23-32(41)17-20-35(31)42)36(28-13-11-27(12-14-28)26-7-2-1-3-8-26)49-37(44-39)29-15-18-33(19-16-29)48-22-6-21-46/h1-5,7-20,23,36,43,46H,6,21-22,24-25H2,(H,45,47)/t36-,39-/m0/s1. The summed E-state index contributed by atoms with van der Waals surface area (Å²) in [5.41, 5.74) is 8.26. The number of rotatable bonds is 13. The van der Waals surface area contributed by atoms with Gasteiger partial charge in [-0.3, -0.25) is 10.2 Å². The molecule has 10 heteroatoms. The topological polar surface area (TPSA) is 92.2 Å². The summed E-state index contributed by atoms with van der Waals surface area (Å²) >= 11 is 3.64. The highest BCUT2D eigenvalue weighted by Crippen LogP contribution is 2.43. The molecule has 0 radical (unpaired) electrons. The van der Waals surface area contributed by atoms with Crippen LogP contribution in [0.4, 0.5) is 8.78 Å². The molecule has 0 fully saturated rings. The summed E-state index contributed by atoms with van der Waals surface area (Å²) in [7, 11) is 0. The number of aliphatic imine (C=N–C) groups is 1. The minimum Gasteiger partial charge on any atom is -0.494 e. The van der Waals surface area contributed by atoms with Crippen LogP contribution in [0.5, 0.6) is 5.75 Å². The summed E-state index contributed by atoms with van der Waals surface area (Å²) in [6.07, 6.45) is -0.213. The average Bonchev–Trinajstić information content (AvgIpc) is 3.52. The zero-order valence-electron chi connectivity index (χ0n) is 26.4. The predicted octanol–water partition coefficient (Wildman–Crippen LogP) is 7.48. The number of carbonyl (C=O) groups excluding carboxylic acids is 1. The van der Waals surface area contributed by atoms with Crippen molar-refractivity contribution in [3.05, 3.63) is 160 Å². The monoisotopic (exact) mass is 725 g/mol. The molecule has 0 aromatic heterocycles. The lowest BCUT2D eigenvalue weighted by Crippen LogP contribution is -2.53. The maximum Gasteiger partial charge on any atom is 0.266 e.